The summed E-state index contributed by atoms with van der Waals surface area (Å²) in [7, 11) is 1.63. The molecule has 0 saturated heterocycles. The van der Waals surface area contributed by atoms with Crippen molar-refractivity contribution >= 4 is 5.97 Å². The summed E-state index contributed by atoms with van der Waals surface area (Å²) in [6.07, 6.45) is 0.686. The lowest BCUT2D eigenvalue weighted by Crippen LogP contribution is -2.33. The van der Waals surface area contributed by atoms with Gasteiger partial charge in [-0.2, -0.15) is 4.39 Å². The fraction of sp³-hybridized carbons (Fsp3) is 0.222. The Morgan fingerprint density at radius 3 is 2.00 bits per heavy atom. The molecule has 32 heavy (non-hydrogen) atoms. The van der Waals surface area contributed by atoms with Crippen molar-refractivity contribution < 1.29 is 23.4 Å². The lowest BCUT2D eigenvalue weighted by molar-refractivity contribution is -0.142. The van der Waals surface area contributed by atoms with Crippen LogP contribution in [-0.4, -0.2) is 26.3 Å². The van der Waals surface area contributed by atoms with Crippen LogP contribution in [-0.2, 0) is 19.9 Å². The number of halogens is 1. The first-order valence-corrected chi connectivity index (χ1v) is 10.6. The number of carbonyl (C=O) groups is 1. The molecule has 0 fully saturated rings. The van der Waals surface area contributed by atoms with E-state index in [1.54, 1.807) is 7.11 Å². The Labute approximate surface area is 187 Å². The fourth-order valence-electron chi connectivity index (χ4n) is 4.07. The molecule has 0 amide bonds. The van der Waals surface area contributed by atoms with Crippen LogP contribution in [0.1, 0.15) is 29.5 Å². The molecule has 0 radical (unpaired) electrons. The van der Waals surface area contributed by atoms with Crippen LogP contribution in [0.25, 0.3) is 0 Å². The molecule has 1 aliphatic rings. The molecule has 5 heteroatoms. The van der Waals surface area contributed by atoms with E-state index in [0.29, 0.717) is 18.4 Å². The highest BCUT2D eigenvalue weighted by Gasteiger charge is 2.37. The molecule has 0 unspecified atom stereocenters. The Morgan fingerprint density at radius 2 is 1.44 bits per heavy atom. The van der Waals surface area contributed by atoms with Crippen molar-refractivity contribution in [2.45, 2.75) is 18.4 Å². The molecule has 0 bridgehead atoms. The third-order valence-corrected chi connectivity index (χ3v) is 5.71. The molecule has 0 spiro atoms. The third-order valence-electron chi connectivity index (χ3n) is 5.71. The predicted octanol–water partition coefficient (Wildman–Crippen LogP) is 5.56. The molecule has 4 nitrogen and oxygen atoms in total. The first kappa shape index (κ1) is 21.8. The van der Waals surface area contributed by atoms with Gasteiger partial charge in [0.05, 0.1) is 20.3 Å². The predicted molar refractivity (Wildman–Crippen MR) is 120 cm³/mol. The highest BCUT2D eigenvalue weighted by atomic mass is 19.1. The zero-order chi connectivity index (χ0) is 22.4. The number of ether oxygens (including phenoxy) is 3. The maximum absolute atomic E-state index is 14.2. The second kappa shape index (κ2) is 9.79. The summed E-state index contributed by atoms with van der Waals surface area (Å²) in [5.41, 5.74) is 2.35. The second-order valence-corrected chi connectivity index (χ2v) is 7.54. The van der Waals surface area contributed by atoms with Crippen LogP contribution in [0.4, 0.5) is 4.39 Å². The van der Waals surface area contributed by atoms with Crippen LogP contribution in [0.15, 0.2) is 96.3 Å². The highest BCUT2D eigenvalue weighted by Crippen LogP contribution is 2.41. The molecule has 4 rings (SSSR count). The van der Waals surface area contributed by atoms with Gasteiger partial charge in [0.2, 0.25) is 5.83 Å². The van der Waals surface area contributed by atoms with E-state index in [1.807, 2.05) is 84.9 Å². The Kier molecular flexibility index (Phi) is 6.66. The summed E-state index contributed by atoms with van der Waals surface area (Å²) in [4.78, 5) is 11.6. The minimum atomic E-state index is -0.916. The van der Waals surface area contributed by atoms with E-state index >= 15 is 0 Å². The average Bonchev–Trinajstić information content (AvgIpc) is 2.86. The number of cyclic esters (lactones) is 1. The number of esters is 1. The molecule has 164 valence electrons. The number of benzene rings is 3. The van der Waals surface area contributed by atoms with Crippen molar-refractivity contribution in [3.8, 4) is 5.75 Å². The standard InChI is InChI=1S/C27H25FO4/c1-30-24-14-12-23(13-15-24)27(21-8-4-2-5-9-21,22-10-6-3-7-11-22)32-19-17-20-16-18-31-26(29)25(20)28/h2-15H,16-19H2,1H3. The molecule has 1 heterocycles. The lowest BCUT2D eigenvalue weighted by atomic mass is 9.80. The number of carbonyl (C=O) groups excluding carboxylic acids is 1. The number of rotatable bonds is 8. The van der Waals surface area contributed by atoms with Gasteiger partial charge in [0.25, 0.3) is 0 Å². The quantitative estimate of drug-likeness (QED) is 0.345. The summed E-state index contributed by atoms with van der Waals surface area (Å²) in [6, 6.07) is 27.7. The Morgan fingerprint density at radius 1 is 0.875 bits per heavy atom. The smallest absolute Gasteiger partial charge is 0.367 e. The van der Waals surface area contributed by atoms with Crippen LogP contribution < -0.4 is 4.74 Å². The minimum Gasteiger partial charge on any atom is -0.497 e. The monoisotopic (exact) mass is 432 g/mol. The summed E-state index contributed by atoms with van der Waals surface area (Å²) in [6.45, 7) is 0.425. The maximum Gasteiger partial charge on any atom is 0.367 e. The van der Waals surface area contributed by atoms with Crippen molar-refractivity contribution in [1.29, 1.82) is 0 Å². The largest absolute Gasteiger partial charge is 0.497 e. The van der Waals surface area contributed by atoms with Crippen LogP contribution in [0.2, 0.25) is 0 Å². The SMILES string of the molecule is COc1ccc(C(OCCC2=C(F)C(=O)OCC2)(c2ccccc2)c2ccccc2)cc1. The van der Waals surface area contributed by atoms with Gasteiger partial charge in [0, 0.05) is 6.42 Å². The third kappa shape index (κ3) is 4.30. The first-order chi connectivity index (χ1) is 15.6. The van der Waals surface area contributed by atoms with Crippen LogP contribution in [0.3, 0.4) is 0 Å². The zero-order valence-corrected chi connectivity index (χ0v) is 17.9. The summed E-state index contributed by atoms with van der Waals surface area (Å²) >= 11 is 0. The van der Waals surface area contributed by atoms with Gasteiger partial charge in [0.1, 0.15) is 11.4 Å². The Hall–Kier alpha value is -3.44. The summed E-state index contributed by atoms with van der Waals surface area (Å²) in [5.74, 6) is -0.940. The van der Waals surface area contributed by atoms with E-state index in [1.165, 1.54) is 0 Å². The summed E-state index contributed by atoms with van der Waals surface area (Å²) in [5, 5.41) is 0. The Bertz CT molecular complexity index is 1040. The first-order valence-electron chi connectivity index (χ1n) is 10.6. The van der Waals surface area contributed by atoms with E-state index in [0.717, 1.165) is 22.4 Å². The molecule has 0 atom stereocenters. The zero-order valence-electron chi connectivity index (χ0n) is 17.9. The number of hydrogen-bond acceptors (Lipinski definition) is 4. The van der Waals surface area contributed by atoms with Gasteiger partial charge < -0.3 is 14.2 Å². The number of hydrogen-bond donors (Lipinski definition) is 0. The van der Waals surface area contributed by atoms with Crippen LogP contribution >= 0.6 is 0 Å². The summed E-state index contributed by atoms with van der Waals surface area (Å²) < 4.78 is 31.0. The van der Waals surface area contributed by atoms with Crippen molar-refractivity contribution in [3.05, 3.63) is 113 Å². The molecule has 0 saturated carbocycles. The molecule has 0 N–H and O–H groups in total. The van der Waals surface area contributed by atoms with Gasteiger partial charge in [-0.05, 0) is 40.8 Å². The highest BCUT2D eigenvalue weighted by molar-refractivity contribution is 5.87. The van der Waals surface area contributed by atoms with Crippen LogP contribution in [0.5, 0.6) is 5.75 Å². The van der Waals surface area contributed by atoms with Gasteiger partial charge in [-0.25, -0.2) is 4.79 Å². The molecule has 3 aromatic carbocycles. The lowest BCUT2D eigenvalue weighted by Gasteiger charge is -2.36. The van der Waals surface area contributed by atoms with Crippen LogP contribution in [0, 0.1) is 0 Å². The van der Waals surface area contributed by atoms with E-state index < -0.39 is 17.4 Å². The van der Waals surface area contributed by atoms with Crippen molar-refractivity contribution in [2.24, 2.45) is 0 Å². The molecular formula is C27H25FO4. The molecular weight excluding hydrogens is 407 g/mol. The second-order valence-electron chi connectivity index (χ2n) is 7.54. The normalized spacial score (nSPS) is 14.2. The topological polar surface area (TPSA) is 44.8 Å². The van der Waals surface area contributed by atoms with Crippen molar-refractivity contribution in [3.63, 3.8) is 0 Å². The van der Waals surface area contributed by atoms with E-state index in [-0.39, 0.29) is 13.2 Å². The number of methoxy groups -OCH3 is 1. The fourth-order valence-corrected chi connectivity index (χ4v) is 4.07. The Balaban J connectivity index is 1.77. The average molecular weight is 432 g/mol. The molecule has 1 aliphatic heterocycles. The minimum absolute atomic E-state index is 0.197. The molecule has 0 aliphatic carbocycles. The van der Waals surface area contributed by atoms with Gasteiger partial charge in [-0.3, -0.25) is 0 Å². The maximum atomic E-state index is 14.2. The van der Waals surface area contributed by atoms with Gasteiger partial charge >= 0.3 is 5.97 Å². The van der Waals surface area contributed by atoms with E-state index in [2.05, 4.69) is 0 Å². The van der Waals surface area contributed by atoms with Gasteiger partial charge in [-0.15, -0.1) is 0 Å². The van der Waals surface area contributed by atoms with Crippen molar-refractivity contribution in [2.75, 3.05) is 20.3 Å². The van der Waals surface area contributed by atoms with Gasteiger partial charge in [-0.1, -0.05) is 72.8 Å². The molecule has 3 aromatic rings. The van der Waals surface area contributed by atoms with Crippen molar-refractivity contribution in [1.82, 2.24) is 0 Å². The van der Waals surface area contributed by atoms with E-state index in [9.17, 15) is 9.18 Å². The van der Waals surface area contributed by atoms with E-state index in [4.69, 9.17) is 14.2 Å². The van der Waals surface area contributed by atoms with Gasteiger partial charge in [0.15, 0.2) is 0 Å². The molecule has 0 aromatic heterocycles.